The maximum absolute atomic E-state index is 12.1. The summed E-state index contributed by atoms with van der Waals surface area (Å²) < 4.78 is 29.3. The molecule has 1 N–H and O–H groups in total. The smallest absolute Gasteiger partial charge is 0.276 e. The van der Waals surface area contributed by atoms with Gasteiger partial charge in [-0.25, -0.2) is 4.83 Å². The SMILES string of the molecule is COc1ccc(Cl)cc1CC=NNS(=O)(=O)c1ccc(C)cc1. The lowest BCUT2D eigenvalue weighted by Crippen LogP contribution is -2.18. The second kappa shape index (κ2) is 7.48. The molecule has 2 aromatic carbocycles. The minimum atomic E-state index is -3.66. The van der Waals surface area contributed by atoms with Gasteiger partial charge in [-0.15, -0.1) is 0 Å². The molecule has 0 amide bonds. The van der Waals surface area contributed by atoms with Crippen molar-refractivity contribution in [2.75, 3.05) is 7.11 Å². The number of hydrazone groups is 1. The summed E-state index contributed by atoms with van der Waals surface area (Å²) in [6, 6.07) is 11.8. The number of nitrogens with zero attached hydrogens (tertiary/aromatic N) is 1. The maximum atomic E-state index is 12.1. The highest BCUT2D eigenvalue weighted by Gasteiger charge is 2.11. The summed E-state index contributed by atoms with van der Waals surface area (Å²) in [6.07, 6.45) is 1.85. The van der Waals surface area contributed by atoms with Crippen LogP contribution >= 0.6 is 11.6 Å². The number of sulfonamides is 1. The Kier molecular flexibility index (Phi) is 5.63. The lowest BCUT2D eigenvalue weighted by molar-refractivity contribution is 0.411. The third kappa shape index (κ3) is 4.71. The lowest BCUT2D eigenvalue weighted by atomic mass is 10.1. The zero-order chi connectivity index (χ0) is 16.9. The average Bonchev–Trinajstić information content (AvgIpc) is 2.52. The summed E-state index contributed by atoms with van der Waals surface area (Å²) in [6.45, 7) is 1.89. The van der Waals surface area contributed by atoms with E-state index in [4.69, 9.17) is 16.3 Å². The quantitative estimate of drug-likeness (QED) is 0.641. The first-order chi connectivity index (χ1) is 10.9. The van der Waals surface area contributed by atoms with Crippen LogP contribution in [0, 0.1) is 6.92 Å². The van der Waals surface area contributed by atoms with Gasteiger partial charge in [-0.2, -0.15) is 13.5 Å². The molecule has 0 saturated carbocycles. The molecular weight excluding hydrogens is 336 g/mol. The number of halogens is 1. The molecule has 7 heteroatoms. The summed E-state index contributed by atoms with van der Waals surface area (Å²) in [4.78, 5) is 2.35. The lowest BCUT2D eigenvalue weighted by Gasteiger charge is -2.06. The normalized spacial score (nSPS) is 11.6. The molecule has 0 bridgehead atoms. The molecule has 5 nitrogen and oxygen atoms in total. The van der Waals surface area contributed by atoms with Crippen LogP contribution in [0.3, 0.4) is 0 Å². The van der Waals surface area contributed by atoms with E-state index in [1.54, 1.807) is 37.4 Å². The van der Waals surface area contributed by atoms with Crippen molar-refractivity contribution in [3.8, 4) is 5.75 Å². The molecule has 0 aromatic heterocycles. The standard InChI is InChI=1S/C16H17ClN2O3S/c1-12-3-6-15(7-4-12)23(20,21)19-18-10-9-13-11-14(17)5-8-16(13)22-2/h3-8,10-11,19H,9H2,1-2H3. The zero-order valence-corrected chi connectivity index (χ0v) is 14.4. The highest BCUT2D eigenvalue weighted by Crippen LogP contribution is 2.22. The van der Waals surface area contributed by atoms with Crippen molar-refractivity contribution in [1.82, 2.24) is 4.83 Å². The molecule has 23 heavy (non-hydrogen) atoms. The van der Waals surface area contributed by atoms with Crippen molar-refractivity contribution in [2.24, 2.45) is 5.10 Å². The van der Waals surface area contributed by atoms with Crippen LogP contribution in [0.5, 0.6) is 5.75 Å². The number of benzene rings is 2. The van der Waals surface area contributed by atoms with Gasteiger partial charge in [0.15, 0.2) is 0 Å². The van der Waals surface area contributed by atoms with Crippen LogP contribution in [0.25, 0.3) is 0 Å². The Balaban J connectivity index is 2.04. The van der Waals surface area contributed by atoms with E-state index in [0.29, 0.717) is 17.2 Å². The molecule has 2 rings (SSSR count). The van der Waals surface area contributed by atoms with Crippen molar-refractivity contribution in [2.45, 2.75) is 18.2 Å². The van der Waals surface area contributed by atoms with Gasteiger partial charge < -0.3 is 4.74 Å². The highest BCUT2D eigenvalue weighted by atomic mass is 35.5. The third-order valence-corrected chi connectivity index (χ3v) is 4.62. The summed E-state index contributed by atoms with van der Waals surface area (Å²) in [5, 5.41) is 4.36. The number of aryl methyl sites for hydroxylation is 1. The Morgan fingerprint density at radius 1 is 1.22 bits per heavy atom. The Bertz CT molecular complexity index is 803. The van der Waals surface area contributed by atoms with Crippen molar-refractivity contribution in [3.05, 3.63) is 58.6 Å². The molecule has 0 fully saturated rings. The van der Waals surface area contributed by atoms with Crippen molar-refractivity contribution in [1.29, 1.82) is 0 Å². The molecule has 0 unspecified atom stereocenters. The fraction of sp³-hybridized carbons (Fsp3) is 0.188. The van der Waals surface area contributed by atoms with Gasteiger partial charge in [0.25, 0.3) is 10.0 Å². The van der Waals surface area contributed by atoms with Crippen LogP contribution in [0.15, 0.2) is 52.5 Å². The van der Waals surface area contributed by atoms with E-state index in [-0.39, 0.29) is 4.90 Å². The van der Waals surface area contributed by atoms with Crippen molar-refractivity contribution < 1.29 is 13.2 Å². The van der Waals surface area contributed by atoms with Crippen molar-refractivity contribution in [3.63, 3.8) is 0 Å². The Labute approximate surface area is 141 Å². The van der Waals surface area contributed by atoms with Gasteiger partial charge in [0.2, 0.25) is 0 Å². The Morgan fingerprint density at radius 3 is 2.57 bits per heavy atom. The van der Waals surface area contributed by atoms with Crippen LogP contribution < -0.4 is 9.57 Å². The molecule has 0 radical (unpaired) electrons. The van der Waals surface area contributed by atoms with Crippen LogP contribution in [-0.4, -0.2) is 21.7 Å². The number of hydrogen-bond donors (Lipinski definition) is 1. The fourth-order valence-electron chi connectivity index (χ4n) is 1.93. The topological polar surface area (TPSA) is 67.8 Å². The van der Waals surface area contributed by atoms with E-state index in [2.05, 4.69) is 9.93 Å². The largest absolute Gasteiger partial charge is 0.496 e. The van der Waals surface area contributed by atoms with Gasteiger partial charge in [0.1, 0.15) is 5.75 Å². The number of nitrogens with one attached hydrogen (secondary N) is 1. The molecule has 2 aromatic rings. The molecule has 0 heterocycles. The minimum absolute atomic E-state index is 0.167. The van der Waals surface area contributed by atoms with Gasteiger partial charge in [-0.05, 0) is 37.3 Å². The second-order valence-electron chi connectivity index (χ2n) is 4.88. The first-order valence-electron chi connectivity index (χ1n) is 6.85. The molecule has 0 spiro atoms. The first kappa shape index (κ1) is 17.3. The zero-order valence-electron chi connectivity index (χ0n) is 12.8. The number of methoxy groups -OCH3 is 1. The molecule has 0 saturated heterocycles. The molecule has 0 aliphatic carbocycles. The van der Waals surface area contributed by atoms with Crippen LogP contribution in [0.1, 0.15) is 11.1 Å². The molecule has 0 aliphatic rings. The highest BCUT2D eigenvalue weighted by molar-refractivity contribution is 7.89. The van der Waals surface area contributed by atoms with Crippen LogP contribution in [0.4, 0.5) is 0 Å². The van der Waals surface area contributed by atoms with Gasteiger partial charge in [-0.3, -0.25) is 0 Å². The van der Waals surface area contributed by atoms with Gasteiger partial charge in [0.05, 0.1) is 12.0 Å². The number of ether oxygens (including phenoxy) is 1. The van der Waals surface area contributed by atoms with Gasteiger partial charge >= 0.3 is 0 Å². The second-order valence-corrected chi connectivity index (χ2v) is 6.98. The summed E-state index contributed by atoms with van der Waals surface area (Å²) in [7, 11) is -2.10. The average molecular weight is 353 g/mol. The van der Waals surface area contributed by atoms with E-state index in [0.717, 1.165) is 11.1 Å². The molecular formula is C16H17ClN2O3S. The summed E-state index contributed by atoms with van der Waals surface area (Å²) >= 11 is 5.94. The molecule has 0 aliphatic heterocycles. The van der Waals surface area contributed by atoms with Crippen molar-refractivity contribution >= 4 is 27.8 Å². The summed E-state index contributed by atoms with van der Waals surface area (Å²) in [5.41, 5.74) is 1.80. The Hall–Kier alpha value is -2.05. The Morgan fingerprint density at radius 2 is 1.91 bits per heavy atom. The summed E-state index contributed by atoms with van der Waals surface area (Å²) in [5.74, 6) is 0.669. The maximum Gasteiger partial charge on any atom is 0.276 e. The molecule has 0 atom stereocenters. The monoisotopic (exact) mass is 352 g/mol. The predicted molar refractivity (Wildman–Crippen MR) is 91.7 cm³/mol. The van der Waals surface area contributed by atoms with Gasteiger partial charge in [-0.1, -0.05) is 29.3 Å². The van der Waals surface area contributed by atoms with E-state index >= 15 is 0 Å². The number of rotatable bonds is 6. The number of hydrogen-bond acceptors (Lipinski definition) is 4. The van der Waals surface area contributed by atoms with Gasteiger partial charge in [0, 0.05) is 23.2 Å². The minimum Gasteiger partial charge on any atom is -0.496 e. The van der Waals surface area contributed by atoms with Crippen LogP contribution in [0.2, 0.25) is 5.02 Å². The van der Waals surface area contributed by atoms with E-state index in [9.17, 15) is 8.42 Å². The fourth-order valence-corrected chi connectivity index (χ4v) is 2.94. The van der Waals surface area contributed by atoms with Crippen LogP contribution in [-0.2, 0) is 16.4 Å². The first-order valence-corrected chi connectivity index (χ1v) is 8.71. The molecule has 122 valence electrons. The van der Waals surface area contributed by atoms with E-state index < -0.39 is 10.0 Å². The predicted octanol–water partition coefficient (Wildman–Crippen LogP) is 3.16. The van der Waals surface area contributed by atoms with E-state index in [1.807, 2.05) is 6.92 Å². The van der Waals surface area contributed by atoms with E-state index in [1.165, 1.54) is 18.3 Å². The third-order valence-electron chi connectivity index (χ3n) is 3.15.